The van der Waals surface area contributed by atoms with Crippen LogP contribution in [0.15, 0.2) is 36.7 Å². The van der Waals surface area contributed by atoms with E-state index in [1.54, 1.807) is 12.4 Å². The Morgan fingerprint density at radius 1 is 1.29 bits per heavy atom. The summed E-state index contributed by atoms with van der Waals surface area (Å²) in [6, 6.07) is 7.84. The van der Waals surface area contributed by atoms with Gasteiger partial charge in [0.15, 0.2) is 5.78 Å². The van der Waals surface area contributed by atoms with Crippen LogP contribution in [0.2, 0.25) is 0 Å². The lowest BCUT2D eigenvalue weighted by Gasteiger charge is -2.12. The zero-order chi connectivity index (χ0) is 11.9. The Hall–Kier alpha value is -1.74. The zero-order valence-electron chi connectivity index (χ0n) is 9.52. The third-order valence-corrected chi connectivity index (χ3v) is 3.64. The number of Topliss-reactive ketones (excluding diaryl/α,β-unsaturated/α-hetero) is 1. The van der Waals surface area contributed by atoms with Gasteiger partial charge in [-0.2, -0.15) is 0 Å². The molecule has 0 unspecified atom stereocenters. The van der Waals surface area contributed by atoms with Crippen molar-refractivity contribution < 1.29 is 4.79 Å². The molecule has 1 aromatic heterocycles. The van der Waals surface area contributed by atoms with E-state index in [-0.39, 0.29) is 11.2 Å². The van der Waals surface area contributed by atoms with Crippen molar-refractivity contribution in [3.8, 4) is 0 Å². The Balaban J connectivity index is 2.15. The van der Waals surface area contributed by atoms with Crippen LogP contribution in [0.4, 0.5) is 0 Å². The minimum absolute atomic E-state index is 0.157. The van der Waals surface area contributed by atoms with E-state index in [4.69, 9.17) is 5.73 Å². The number of benzene rings is 1. The number of nitrogens with two attached hydrogens (primary N) is 1. The number of carbonyl (C=O) groups excluding carboxylic acids is 1. The Kier molecular flexibility index (Phi) is 2.23. The fourth-order valence-electron chi connectivity index (χ4n) is 2.26. The molecule has 0 aliphatic heterocycles. The van der Waals surface area contributed by atoms with E-state index in [2.05, 4.69) is 4.98 Å². The van der Waals surface area contributed by atoms with Crippen LogP contribution in [0.5, 0.6) is 0 Å². The standard InChI is InChI=1S/C14H14N2O/c15-9-14(5-6-14)13(17)12-8-16-7-10-3-1-2-4-11(10)12/h1-4,7-8H,5-6,9,15H2. The molecule has 1 heterocycles. The molecule has 0 saturated heterocycles. The summed E-state index contributed by atoms with van der Waals surface area (Å²) in [5.74, 6) is 0.157. The normalized spacial score (nSPS) is 17.0. The van der Waals surface area contributed by atoms with Gasteiger partial charge in [0.2, 0.25) is 0 Å². The molecule has 1 aromatic carbocycles. The SMILES string of the molecule is NCC1(C(=O)c2cncc3ccccc23)CC1. The molecule has 86 valence electrons. The van der Waals surface area contributed by atoms with Crippen molar-refractivity contribution in [2.75, 3.05) is 6.54 Å². The summed E-state index contributed by atoms with van der Waals surface area (Å²) in [5.41, 5.74) is 6.12. The minimum Gasteiger partial charge on any atom is -0.329 e. The fourth-order valence-corrected chi connectivity index (χ4v) is 2.26. The van der Waals surface area contributed by atoms with E-state index >= 15 is 0 Å². The molecule has 1 fully saturated rings. The maximum atomic E-state index is 12.5. The van der Waals surface area contributed by atoms with Crippen molar-refractivity contribution >= 4 is 16.6 Å². The molecule has 1 saturated carbocycles. The lowest BCUT2D eigenvalue weighted by atomic mass is 9.93. The highest BCUT2D eigenvalue weighted by atomic mass is 16.1. The first kappa shape index (κ1) is 10.4. The van der Waals surface area contributed by atoms with Crippen LogP contribution in [0.3, 0.4) is 0 Å². The Labute approximate surface area is 99.7 Å². The Morgan fingerprint density at radius 2 is 2.06 bits per heavy atom. The van der Waals surface area contributed by atoms with Crippen molar-refractivity contribution in [2.24, 2.45) is 11.1 Å². The molecule has 0 spiro atoms. The number of pyridine rings is 1. The van der Waals surface area contributed by atoms with E-state index in [9.17, 15) is 4.79 Å². The molecule has 3 nitrogen and oxygen atoms in total. The highest BCUT2D eigenvalue weighted by Crippen LogP contribution is 2.47. The summed E-state index contributed by atoms with van der Waals surface area (Å²) in [7, 11) is 0. The number of hydrogen-bond acceptors (Lipinski definition) is 3. The van der Waals surface area contributed by atoms with E-state index < -0.39 is 0 Å². The van der Waals surface area contributed by atoms with E-state index in [0.29, 0.717) is 12.1 Å². The molecule has 0 amide bonds. The highest BCUT2D eigenvalue weighted by Gasteiger charge is 2.48. The van der Waals surface area contributed by atoms with E-state index in [0.717, 1.165) is 23.6 Å². The number of fused-ring (bicyclic) bond motifs is 1. The van der Waals surface area contributed by atoms with Gasteiger partial charge < -0.3 is 5.73 Å². The molecule has 0 radical (unpaired) electrons. The average molecular weight is 226 g/mol. The van der Waals surface area contributed by atoms with Crippen molar-refractivity contribution in [1.82, 2.24) is 4.98 Å². The van der Waals surface area contributed by atoms with Crippen molar-refractivity contribution in [3.05, 3.63) is 42.2 Å². The maximum Gasteiger partial charge on any atom is 0.172 e. The molecule has 2 N–H and O–H groups in total. The van der Waals surface area contributed by atoms with Gasteiger partial charge in [-0.15, -0.1) is 0 Å². The average Bonchev–Trinajstić information content (AvgIpc) is 3.18. The third kappa shape index (κ3) is 1.54. The van der Waals surface area contributed by atoms with Crippen LogP contribution >= 0.6 is 0 Å². The van der Waals surface area contributed by atoms with Gasteiger partial charge in [0.1, 0.15) is 0 Å². The van der Waals surface area contributed by atoms with Crippen LogP contribution in [0.1, 0.15) is 23.2 Å². The molecule has 3 heteroatoms. The first-order valence-corrected chi connectivity index (χ1v) is 5.84. The molecule has 1 aliphatic carbocycles. The fraction of sp³-hybridized carbons (Fsp3) is 0.286. The van der Waals surface area contributed by atoms with Crippen molar-refractivity contribution in [3.63, 3.8) is 0 Å². The second kappa shape index (κ2) is 3.64. The molecule has 17 heavy (non-hydrogen) atoms. The molecular formula is C14H14N2O. The minimum atomic E-state index is -0.300. The number of hydrogen-bond donors (Lipinski definition) is 1. The second-order valence-corrected chi connectivity index (χ2v) is 4.72. The van der Waals surface area contributed by atoms with E-state index in [1.165, 1.54) is 0 Å². The summed E-state index contributed by atoms with van der Waals surface area (Å²) in [6.45, 7) is 0.440. The van der Waals surface area contributed by atoms with Gasteiger partial charge in [-0.05, 0) is 18.2 Å². The molecular weight excluding hydrogens is 212 g/mol. The largest absolute Gasteiger partial charge is 0.329 e. The second-order valence-electron chi connectivity index (χ2n) is 4.72. The molecule has 0 bridgehead atoms. The Bertz CT molecular complexity index is 582. The summed E-state index contributed by atoms with van der Waals surface area (Å²) < 4.78 is 0. The van der Waals surface area contributed by atoms with Gasteiger partial charge in [0, 0.05) is 35.3 Å². The lowest BCUT2D eigenvalue weighted by Crippen LogP contribution is -2.25. The number of carbonyl (C=O) groups is 1. The predicted octanol–water partition coefficient (Wildman–Crippen LogP) is 2.16. The predicted molar refractivity (Wildman–Crippen MR) is 66.8 cm³/mol. The molecule has 0 atom stereocenters. The molecule has 1 aliphatic rings. The van der Waals surface area contributed by atoms with Gasteiger partial charge in [0.05, 0.1) is 0 Å². The van der Waals surface area contributed by atoms with Gasteiger partial charge in [-0.3, -0.25) is 9.78 Å². The number of nitrogens with zero attached hydrogens (tertiary/aromatic N) is 1. The summed E-state index contributed by atoms with van der Waals surface area (Å²) in [5, 5.41) is 1.98. The van der Waals surface area contributed by atoms with Gasteiger partial charge >= 0.3 is 0 Å². The van der Waals surface area contributed by atoms with Crippen molar-refractivity contribution in [1.29, 1.82) is 0 Å². The zero-order valence-corrected chi connectivity index (χ0v) is 9.52. The van der Waals surface area contributed by atoms with Crippen LogP contribution < -0.4 is 5.73 Å². The van der Waals surface area contributed by atoms with Crippen LogP contribution in [0.25, 0.3) is 10.8 Å². The van der Waals surface area contributed by atoms with Crippen molar-refractivity contribution in [2.45, 2.75) is 12.8 Å². The van der Waals surface area contributed by atoms with Crippen LogP contribution in [-0.4, -0.2) is 17.3 Å². The Morgan fingerprint density at radius 3 is 2.76 bits per heavy atom. The topological polar surface area (TPSA) is 56.0 Å². The van der Waals surface area contributed by atoms with E-state index in [1.807, 2.05) is 24.3 Å². The van der Waals surface area contributed by atoms with Gasteiger partial charge in [0.25, 0.3) is 0 Å². The molecule has 3 rings (SSSR count). The molecule has 2 aromatic rings. The maximum absolute atomic E-state index is 12.5. The summed E-state index contributed by atoms with van der Waals surface area (Å²) in [4.78, 5) is 16.6. The first-order valence-electron chi connectivity index (χ1n) is 5.84. The first-order chi connectivity index (χ1) is 8.27. The number of aromatic nitrogens is 1. The highest BCUT2D eigenvalue weighted by molar-refractivity contribution is 6.11. The van der Waals surface area contributed by atoms with Crippen LogP contribution in [0, 0.1) is 5.41 Å². The lowest BCUT2D eigenvalue weighted by molar-refractivity contribution is 0.0907. The third-order valence-electron chi connectivity index (χ3n) is 3.64. The quantitative estimate of drug-likeness (QED) is 0.816. The van der Waals surface area contributed by atoms with Gasteiger partial charge in [-0.1, -0.05) is 24.3 Å². The number of rotatable bonds is 3. The summed E-state index contributed by atoms with van der Waals surface area (Å²) in [6.07, 6.45) is 5.27. The number of ketones is 1. The smallest absolute Gasteiger partial charge is 0.172 e. The van der Waals surface area contributed by atoms with Crippen LogP contribution in [-0.2, 0) is 0 Å². The summed E-state index contributed by atoms with van der Waals surface area (Å²) >= 11 is 0. The monoisotopic (exact) mass is 226 g/mol. The van der Waals surface area contributed by atoms with Gasteiger partial charge in [-0.25, -0.2) is 0 Å².